The van der Waals surface area contributed by atoms with Crippen molar-refractivity contribution in [1.82, 2.24) is 9.97 Å². The Balaban J connectivity index is 1.68. The average molecular weight is 360 g/mol. The van der Waals surface area contributed by atoms with E-state index in [2.05, 4.69) is 9.97 Å². The molecule has 0 saturated carbocycles. The molecule has 128 valence electrons. The third kappa shape index (κ3) is 3.21. The van der Waals surface area contributed by atoms with Crippen molar-refractivity contribution in [3.05, 3.63) is 83.9 Å². The SMILES string of the molecule is O=Cc1ccccc1-c1ccc2nc(S(=O)Cc3ccccc3)[nH]c2c1. The lowest BCUT2D eigenvalue weighted by Crippen LogP contribution is -1.98. The number of fused-ring (bicyclic) bond motifs is 1. The first kappa shape index (κ1) is 16.4. The zero-order chi connectivity index (χ0) is 17.9. The lowest BCUT2D eigenvalue weighted by molar-refractivity contribution is 0.112. The molecule has 0 aliphatic rings. The lowest BCUT2D eigenvalue weighted by atomic mass is 10.0. The maximum absolute atomic E-state index is 12.6. The van der Waals surface area contributed by atoms with Crippen LogP contribution >= 0.6 is 0 Å². The molecule has 1 unspecified atom stereocenters. The zero-order valence-corrected chi connectivity index (χ0v) is 14.7. The minimum absolute atomic E-state index is 0.418. The molecule has 0 aliphatic heterocycles. The Labute approximate surface area is 153 Å². The van der Waals surface area contributed by atoms with E-state index in [0.717, 1.165) is 34.0 Å². The number of carbonyl (C=O) groups excluding carboxylic acids is 1. The van der Waals surface area contributed by atoms with Gasteiger partial charge in [-0.1, -0.05) is 60.7 Å². The number of nitrogens with zero attached hydrogens (tertiary/aromatic N) is 1. The molecule has 26 heavy (non-hydrogen) atoms. The van der Waals surface area contributed by atoms with Gasteiger partial charge in [-0.15, -0.1) is 0 Å². The Hall–Kier alpha value is -3.05. The van der Waals surface area contributed by atoms with Crippen LogP contribution < -0.4 is 0 Å². The fourth-order valence-corrected chi connectivity index (χ4v) is 3.97. The summed E-state index contributed by atoms with van der Waals surface area (Å²) >= 11 is 0. The van der Waals surface area contributed by atoms with Gasteiger partial charge >= 0.3 is 0 Å². The van der Waals surface area contributed by atoms with E-state index in [1.54, 1.807) is 6.07 Å². The van der Waals surface area contributed by atoms with Gasteiger partial charge in [0.15, 0.2) is 11.4 Å². The van der Waals surface area contributed by atoms with Crippen LogP contribution in [0.15, 0.2) is 78.0 Å². The van der Waals surface area contributed by atoms with Crippen molar-refractivity contribution in [1.29, 1.82) is 0 Å². The number of rotatable bonds is 5. The summed E-state index contributed by atoms with van der Waals surface area (Å²) < 4.78 is 12.6. The van der Waals surface area contributed by atoms with Gasteiger partial charge in [0.2, 0.25) is 0 Å². The molecule has 4 aromatic rings. The Bertz CT molecular complexity index is 1100. The standard InChI is InChI=1S/C21H16N2O2S/c24-13-17-8-4-5-9-18(17)16-10-11-19-20(12-16)23-21(22-19)26(25)14-15-6-2-1-3-7-15/h1-13H,14H2,(H,22,23). The second-order valence-electron chi connectivity index (χ2n) is 5.95. The molecule has 0 radical (unpaired) electrons. The molecule has 0 bridgehead atoms. The van der Waals surface area contributed by atoms with Crippen LogP contribution in [-0.4, -0.2) is 20.5 Å². The number of hydrogen-bond acceptors (Lipinski definition) is 3. The summed E-state index contributed by atoms with van der Waals surface area (Å²) in [6.45, 7) is 0. The van der Waals surface area contributed by atoms with E-state index >= 15 is 0 Å². The predicted octanol–water partition coefficient (Wildman–Crippen LogP) is 4.35. The quantitative estimate of drug-likeness (QED) is 0.538. The third-order valence-electron chi connectivity index (χ3n) is 4.22. The number of imidazole rings is 1. The van der Waals surface area contributed by atoms with Crippen molar-refractivity contribution in [2.75, 3.05) is 0 Å². The summed E-state index contributed by atoms with van der Waals surface area (Å²) in [6, 6.07) is 22.9. The molecule has 0 saturated heterocycles. The van der Waals surface area contributed by atoms with E-state index in [1.165, 1.54) is 0 Å². The Morgan fingerprint density at radius 1 is 0.962 bits per heavy atom. The van der Waals surface area contributed by atoms with Gasteiger partial charge in [0.25, 0.3) is 0 Å². The molecular formula is C21H16N2O2S. The minimum Gasteiger partial charge on any atom is -0.331 e. The van der Waals surface area contributed by atoms with Gasteiger partial charge in [0, 0.05) is 5.56 Å². The fourth-order valence-electron chi connectivity index (χ4n) is 2.92. The molecule has 4 nitrogen and oxygen atoms in total. The predicted molar refractivity (Wildman–Crippen MR) is 103 cm³/mol. The molecule has 0 aliphatic carbocycles. The van der Waals surface area contributed by atoms with Crippen LogP contribution in [0.5, 0.6) is 0 Å². The summed E-state index contributed by atoms with van der Waals surface area (Å²) in [5.74, 6) is 0.418. The first-order valence-electron chi connectivity index (χ1n) is 8.21. The van der Waals surface area contributed by atoms with E-state index in [4.69, 9.17) is 0 Å². The molecule has 1 N–H and O–H groups in total. The Morgan fingerprint density at radius 2 is 1.73 bits per heavy atom. The number of nitrogens with one attached hydrogen (secondary N) is 1. The van der Waals surface area contributed by atoms with Gasteiger partial charge in [-0.2, -0.15) is 0 Å². The first-order chi connectivity index (χ1) is 12.7. The topological polar surface area (TPSA) is 62.8 Å². The minimum atomic E-state index is -1.25. The van der Waals surface area contributed by atoms with E-state index in [-0.39, 0.29) is 0 Å². The van der Waals surface area contributed by atoms with Crippen LogP contribution in [0.2, 0.25) is 0 Å². The number of aromatic amines is 1. The van der Waals surface area contributed by atoms with Gasteiger partial charge < -0.3 is 4.98 Å². The van der Waals surface area contributed by atoms with Crippen molar-refractivity contribution >= 4 is 28.1 Å². The molecule has 3 aromatic carbocycles. The molecule has 1 aromatic heterocycles. The number of carbonyl (C=O) groups is 1. The summed E-state index contributed by atoms with van der Waals surface area (Å²) in [6.07, 6.45) is 0.854. The Kier molecular flexibility index (Phi) is 4.46. The largest absolute Gasteiger partial charge is 0.331 e. The van der Waals surface area contributed by atoms with Crippen molar-refractivity contribution in [3.8, 4) is 11.1 Å². The summed E-state index contributed by atoms with van der Waals surface area (Å²) in [7, 11) is -1.25. The highest BCUT2D eigenvalue weighted by atomic mass is 32.2. The second kappa shape index (κ2) is 7.06. The number of hydrogen-bond donors (Lipinski definition) is 1. The maximum Gasteiger partial charge on any atom is 0.197 e. The molecular weight excluding hydrogens is 344 g/mol. The van der Waals surface area contributed by atoms with E-state index in [1.807, 2.05) is 66.7 Å². The Morgan fingerprint density at radius 3 is 2.54 bits per heavy atom. The van der Waals surface area contributed by atoms with Crippen molar-refractivity contribution < 1.29 is 9.00 Å². The van der Waals surface area contributed by atoms with Crippen molar-refractivity contribution in [3.63, 3.8) is 0 Å². The van der Waals surface area contributed by atoms with Crippen molar-refractivity contribution in [2.45, 2.75) is 10.9 Å². The third-order valence-corrected chi connectivity index (χ3v) is 5.44. The summed E-state index contributed by atoms with van der Waals surface area (Å²) in [4.78, 5) is 18.9. The van der Waals surface area contributed by atoms with Crippen molar-refractivity contribution in [2.24, 2.45) is 0 Å². The summed E-state index contributed by atoms with van der Waals surface area (Å²) in [5.41, 5.74) is 5.00. The van der Waals surface area contributed by atoms with E-state index in [0.29, 0.717) is 16.5 Å². The molecule has 4 rings (SSSR count). The smallest absolute Gasteiger partial charge is 0.197 e. The van der Waals surface area contributed by atoms with E-state index < -0.39 is 10.8 Å². The maximum atomic E-state index is 12.6. The molecule has 0 spiro atoms. The highest BCUT2D eigenvalue weighted by Crippen LogP contribution is 2.26. The molecule has 1 heterocycles. The van der Waals surface area contributed by atoms with Gasteiger partial charge in [0.05, 0.1) is 27.6 Å². The lowest BCUT2D eigenvalue weighted by Gasteiger charge is -2.04. The number of aldehydes is 1. The highest BCUT2D eigenvalue weighted by molar-refractivity contribution is 7.84. The first-order valence-corrected chi connectivity index (χ1v) is 9.53. The van der Waals surface area contributed by atoms with Crippen LogP contribution in [0.1, 0.15) is 15.9 Å². The molecule has 5 heteroatoms. The van der Waals surface area contributed by atoms with Crippen LogP contribution in [-0.2, 0) is 16.6 Å². The number of H-pyrrole nitrogens is 1. The number of aromatic nitrogens is 2. The van der Waals surface area contributed by atoms with Gasteiger partial charge in [-0.25, -0.2) is 4.98 Å². The van der Waals surface area contributed by atoms with Gasteiger partial charge in [0.1, 0.15) is 0 Å². The average Bonchev–Trinajstić information content (AvgIpc) is 3.12. The van der Waals surface area contributed by atoms with Gasteiger partial charge in [-0.05, 0) is 28.8 Å². The van der Waals surface area contributed by atoms with Crippen LogP contribution in [0.3, 0.4) is 0 Å². The van der Waals surface area contributed by atoms with Gasteiger partial charge in [-0.3, -0.25) is 9.00 Å². The number of benzene rings is 3. The van der Waals surface area contributed by atoms with Crippen LogP contribution in [0, 0.1) is 0 Å². The molecule has 1 atom stereocenters. The monoisotopic (exact) mass is 360 g/mol. The molecule has 0 fully saturated rings. The highest BCUT2D eigenvalue weighted by Gasteiger charge is 2.12. The van der Waals surface area contributed by atoms with Crippen LogP contribution in [0.25, 0.3) is 22.2 Å². The normalized spacial score (nSPS) is 12.2. The zero-order valence-electron chi connectivity index (χ0n) is 13.9. The summed E-state index contributed by atoms with van der Waals surface area (Å²) in [5, 5.41) is 0.463. The van der Waals surface area contributed by atoms with E-state index in [9.17, 15) is 9.00 Å². The van der Waals surface area contributed by atoms with Crippen LogP contribution in [0.4, 0.5) is 0 Å². The fraction of sp³-hybridized carbons (Fsp3) is 0.0476. The molecule has 0 amide bonds. The second-order valence-corrected chi connectivity index (χ2v) is 7.32.